The average molecular weight is 593 g/mol. The molecular weight excluding hydrogens is 541 g/mol. The lowest BCUT2D eigenvalue weighted by atomic mass is 9.43. The number of allylic oxidation sites excluding steroid dienone is 2. The van der Waals surface area contributed by atoms with E-state index in [0.29, 0.717) is 22.2 Å². The van der Waals surface area contributed by atoms with E-state index >= 15 is 0 Å². The van der Waals surface area contributed by atoms with Crippen molar-refractivity contribution in [2.24, 2.45) is 45.1 Å². The molecule has 0 saturated heterocycles. The lowest BCUT2D eigenvalue weighted by molar-refractivity contribution is -0.466. The molecule has 4 aliphatic carbocycles. The zero-order chi connectivity index (χ0) is 30.7. The van der Waals surface area contributed by atoms with Gasteiger partial charge in [-0.3, -0.25) is 10.3 Å². The van der Waals surface area contributed by atoms with Crippen LogP contribution in [-0.4, -0.2) is 54.2 Å². The highest BCUT2D eigenvalue weighted by Crippen LogP contribution is 2.72. The highest BCUT2D eigenvalue weighted by molar-refractivity contribution is 7.86. The summed E-state index contributed by atoms with van der Waals surface area (Å²) in [7, 11) is -1.97. The molecule has 2 saturated carbocycles. The number of amidine groups is 1. The molecule has 0 unspecified atom stereocenters. The number of nitrogens with zero attached hydrogens (tertiary/aromatic N) is 1. The molecule has 40 heavy (non-hydrogen) atoms. The lowest BCUT2D eigenvalue weighted by Crippen LogP contribution is -2.55. The summed E-state index contributed by atoms with van der Waals surface area (Å²) in [5.74, 6) is 3.15. The molecule has 0 aromatic heterocycles. The van der Waals surface area contributed by atoms with Gasteiger partial charge in [-0.25, -0.2) is 8.42 Å². The number of hydrogen-bond donors (Lipinski definition) is 2. The number of fused-ring (bicyclic) bond motifs is 4. The van der Waals surface area contributed by atoms with Crippen LogP contribution in [-0.2, 0) is 10.1 Å². The fraction of sp³-hybridized carbons (Fsp3) is 0.900. The van der Waals surface area contributed by atoms with E-state index < -0.39 is 15.6 Å². The molecule has 0 aromatic carbocycles. The van der Waals surface area contributed by atoms with Crippen molar-refractivity contribution in [3.63, 3.8) is 0 Å². The molecule has 4 aliphatic rings. The van der Waals surface area contributed by atoms with Crippen molar-refractivity contribution >= 4 is 16.0 Å². The standard InChI is InChI=1S/C29H50N2O.CHF3O3S/c1-19(9-12-25(30)31(7)8)20-13-17-29(6)22-10-11-23-26(2,3)24(32)15-16-27(23,4)21(22)14-18-28(20,29)5;2-1(3,4)8(5,6)7/h19-20,23-24,30,32H,9-18H2,1-8H3;(H,5,6,7)/t19-,20-,23+,24+,27-,28-,29+;/m1./s1. The van der Waals surface area contributed by atoms with Crippen LogP contribution in [0.2, 0.25) is 0 Å². The van der Waals surface area contributed by atoms with E-state index in [4.69, 9.17) is 18.7 Å². The fourth-order valence-electron chi connectivity index (χ4n) is 9.43. The van der Waals surface area contributed by atoms with Crippen molar-refractivity contribution in [3.8, 4) is 0 Å². The smallest absolute Gasteiger partial charge is 0.485 e. The van der Waals surface area contributed by atoms with Crippen molar-refractivity contribution < 1.29 is 35.8 Å². The van der Waals surface area contributed by atoms with E-state index in [0.717, 1.165) is 30.5 Å². The van der Waals surface area contributed by atoms with E-state index in [-0.39, 0.29) is 11.5 Å². The summed E-state index contributed by atoms with van der Waals surface area (Å²) in [5.41, 5.74) is 5.38. The minimum Gasteiger partial charge on any atom is -0.741 e. The summed E-state index contributed by atoms with van der Waals surface area (Å²) in [4.78, 5) is 0. The molecule has 0 radical (unpaired) electrons. The monoisotopic (exact) mass is 592 g/mol. The number of aliphatic hydroxyl groups is 1. The van der Waals surface area contributed by atoms with Gasteiger partial charge >= 0.3 is 5.51 Å². The van der Waals surface area contributed by atoms with Gasteiger partial charge < -0.3 is 9.66 Å². The first-order valence-electron chi connectivity index (χ1n) is 14.8. The molecule has 7 atom stereocenters. The van der Waals surface area contributed by atoms with Crippen molar-refractivity contribution in [3.05, 3.63) is 11.1 Å². The minimum atomic E-state index is -6.09. The molecule has 232 valence electrons. The second-order valence-electron chi connectivity index (χ2n) is 14.5. The quantitative estimate of drug-likeness (QED) is 0.101. The molecule has 3 N–H and O–H groups in total. The van der Waals surface area contributed by atoms with Crippen molar-refractivity contribution in [2.45, 2.75) is 117 Å². The van der Waals surface area contributed by atoms with Gasteiger partial charge in [0.2, 0.25) is 5.84 Å². The molecule has 0 aromatic rings. The van der Waals surface area contributed by atoms with Crippen LogP contribution in [0, 0.1) is 39.4 Å². The average Bonchev–Trinajstić information content (AvgIpc) is 3.10. The molecular formula is C30H51F3N2O4S. The Morgan fingerprint density at radius 3 is 2.15 bits per heavy atom. The third kappa shape index (κ3) is 5.50. The summed E-state index contributed by atoms with van der Waals surface area (Å²) < 4.78 is 61.0. The van der Waals surface area contributed by atoms with Crippen molar-refractivity contribution in [2.75, 3.05) is 14.1 Å². The number of halogens is 3. The third-order valence-electron chi connectivity index (χ3n) is 12.2. The predicted molar refractivity (Wildman–Crippen MR) is 151 cm³/mol. The summed E-state index contributed by atoms with van der Waals surface area (Å²) in [6.45, 7) is 15.0. The zero-order valence-corrected chi connectivity index (χ0v) is 26.4. The Balaban J connectivity index is 0.000000482. The molecule has 4 rings (SSSR count). The number of nitrogens with two attached hydrogens (primary N) is 1. The summed E-state index contributed by atoms with van der Waals surface area (Å²) in [6, 6.07) is 0. The second-order valence-corrected chi connectivity index (χ2v) is 15.9. The SMILES string of the molecule is C[C@H](CCC(N)=[N+](C)C)[C@H]1CC[C@@]2(C)C3=C(CC[C@]12C)[C@@]1(C)CC[C@H](O)C(C)(C)[C@@H]1CC3.O=S(=O)([O-])C(F)(F)F. The maximum absolute atomic E-state index is 10.8. The highest BCUT2D eigenvalue weighted by atomic mass is 32.2. The second kappa shape index (κ2) is 10.9. The van der Waals surface area contributed by atoms with Crippen LogP contribution in [0.15, 0.2) is 11.1 Å². The fourth-order valence-corrected chi connectivity index (χ4v) is 9.43. The topological polar surface area (TPSA) is 106 Å². The van der Waals surface area contributed by atoms with Gasteiger partial charge in [0.1, 0.15) is 0 Å². The van der Waals surface area contributed by atoms with E-state index in [1.54, 1.807) is 0 Å². The predicted octanol–water partition coefficient (Wildman–Crippen LogP) is 6.19. The van der Waals surface area contributed by atoms with Crippen LogP contribution in [0.4, 0.5) is 13.2 Å². The summed E-state index contributed by atoms with van der Waals surface area (Å²) in [5, 5.41) is 10.8. The molecule has 0 amide bonds. The van der Waals surface area contributed by atoms with Gasteiger partial charge in [-0.1, -0.05) is 52.7 Å². The van der Waals surface area contributed by atoms with E-state index in [9.17, 15) is 18.3 Å². The number of aliphatic hydroxyl groups excluding tert-OH is 1. The van der Waals surface area contributed by atoms with Gasteiger partial charge in [0.25, 0.3) is 0 Å². The first-order chi connectivity index (χ1) is 18.0. The maximum Gasteiger partial charge on any atom is 0.485 e. The number of rotatable bonds is 4. The summed E-state index contributed by atoms with van der Waals surface area (Å²) >= 11 is 0. The van der Waals surface area contributed by atoms with Crippen LogP contribution in [0.5, 0.6) is 0 Å². The van der Waals surface area contributed by atoms with Gasteiger partial charge in [-0.05, 0) is 97.2 Å². The Labute approximate surface area is 239 Å². The van der Waals surface area contributed by atoms with Gasteiger partial charge in [0, 0.05) is 6.42 Å². The Morgan fingerprint density at radius 1 is 1.05 bits per heavy atom. The summed E-state index contributed by atoms with van der Waals surface area (Å²) in [6.07, 6.45) is 12.1. The Kier molecular flexibility index (Phi) is 9.06. The Bertz CT molecular complexity index is 1140. The van der Waals surface area contributed by atoms with Crippen LogP contribution >= 0.6 is 0 Å². The van der Waals surface area contributed by atoms with Gasteiger partial charge in [-0.15, -0.1) is 0 Å². The van der Waals surface area contributed by atoms with Gasteiger partial charge in [0.05, 0.1) is 20.2 Å². The van der Waals surface area contributed by atoms with Crippen LogP contribution in [0.25, 0.3) is 0 Å². The van der Waals surface area contributed by atoms with E-state index in [2.05, 4.69) is 60.2 Å². The van der Waals surface area contributed by atoms with Gasteiger partial charge in [-0.2, -0.15) is 13.2 Å². The molecule has 0 heterocycles. The number of hydrogen-bond acceptors (Lipinski definition) is 4. The molecule has 2 fully saturated rings. The first kappa shape index (κ1) is 33.4. The largest absolute Gasteiger partial charge is 0.741 e. The van der Waals surface area contributed by atoms with Gasteiger partial charge in [0.15, 0.2) is 10.1 Å². The maximum atomic E-state index is 10.8. The molecule has 0 bridgehead atoms. The Morgan fingerprint density at radius 2 is 1.62 bits per heavy atom. The lowest BCUT2D eigenvalue weighted by Gasteiger charge is -2.62. The van der Waals surface area contributed by atoms with E-state index in [1.165, 1.54) is 51.4 Å². The normalized spacial score (nSPS) is 37.9. The van der Waals surface area contributed by atoms with Crippen LogP contribution < -0.4 is 5.73 Å². The first-order valence-corrected chi connectivity index (χ1v) is 16.2. The van der Waals surface area contributed by atoms with Crippen molar-refractivity contribution in [1.82, 2.24) is 0 Å². The van der Waals surface area contributed by atoms with Crippen LogP contribution in [0.1, 0.15) is 106 Å². The van der Waals surface area contributed by atoms with E-state index in [1.807, 2.05) is 11.1 Å². The van der Waals surface area contributed by atoms with Crippen molar-refractivity contribution in [1.29, 1.82) is 0 Å². The Hall–Kier alpha value is -1.13. The minimum absolute atomic E-state index is 0.0305. The third-order valence-corrected chi connectivity index (χ3v) is 12.8. The molecule has 6 nitrogen and oxygen atoms in total. The molecule has 0 spiro atoms. The zero-order valence-electron chi connectivity index (χ0n) is 25.6. The number of alkyl halides is 3. The van der Waals surface area contributed by atoms with Crippen LogP contribution in [0.3, 0.4) is 0 Å². The highest BCUT2D eigenvalue weighted by Gasteiger charge is 2.63. The molecule has 0 aliphatic heterocycles. The molecule has 10 heteroatoms.